The van der Waals surface area contributed by atoms with Gasteiger partial charge < -0.3 is 14.8 Å². The number of amides is 2. The van der Waals surface area contributed by atoms with Crippen LogP contribution in [0.3, 0.4) is 0 Å². The Bertz CT molecular complexity index is 1130. The van der Waals surface area contributed by atoms with Crippen molar-refractivity contribution in [1.29, 1.82) is 0 Å². The van der Waals surface area contributed by atoms with E-state index in [0.29, 0.717) is 22.6 Å². The standard InChI is InChI=1S/C24H22N4O4/c1-31-20-9-8-19(22(15-20)32-2)14-21(27-23(29)18-6-4-3-5-7-18)24(30)28-26-16-17-10-12-25-13-11-17/h3-16H,1-2H3,(H,27,29)(H,28,30). The molecular formula is C24H22N4O4. The number of carbonyl (C=O) groups is 2. The fraction of sp³-hybridized carbons (Fsp3) is 0.0833. The highest BCUT2D eigenvalue weighted by atomic mass is 16.5. The summed E-state index contributed by atoms with van der Waals surface area (Å²) in [6, 6.07) is 17.2. The summed E-state index contributed by atoms with van der Waals surface area (Å²) in [6.07, 6.45) is 6.22. The number of pyridine rings is 1. The van der Waals surface area contributed by atoms with E-state index in [1.165, 1.54) is 19.4 Å². The van der Waals surface area contributed by atoms with E-state index < -0.39 is 11.8 Å². The fourth-order valence-electron chi connectivity index (χ4n) is 2.71. The van der Waals surface area contributed by atoms with E-state index in [1.807, 2.05) is 0 Å². The second-order valence-electron chi connectivity index (χ2n) is 6.47. The van der Waals surface area contributed by atoms with Crippen LogP contribution in [0.5, 0.6) is 11.5 Å². The highest BCUT2D eigenvalue weighted by Gasteiger charge is 2.15. The maximum atomic E-state index is 12.8. The number of hydrazone groups is 1. The summed E-state index contributed by atoms with van der Waals surface area (Å²) in [4.78, 5) is 29.4. The van der Waals surface area contributed by atoms with Crippen LogP contribution in [0.4, 0.5) is 0 Å². The predicted octanol–water partition coefficient (Wildman–Crippen LogP) is 3.02. The smallest absolute Gasteiger partial charge is 0.287 e. The van der Waals surface area contributed by atoms with Crippen molar-refractivity contribution in [3.63, 3.8) is 0 Å². The minimum atomic E-state index is -0.600. The van der Waals surface area contributed by atoms with E-state index in [2.05, 4.69) is 20.8 Å². The molecule has 0 fully saturated rings. The lowest BCUT2D eigenvalue weighted by Crippen LogP contribution is -2.32. The summed E-state index contributed by atoms with van der Waals surface area (Å²) >= 11 is 0. The van der Waals surface area contributed by atoms with Crippen LogP contribution in [-0.2, 0) is 4.79 Å². The number of rotatable bonds is 8. The van der Waals surface area contributed by atoms with Crippen molar-refractivity contribution in [2.24, 2.45) is 5.10 Å². The van der Waals surface area contributed by atoms with Gasteiger partial charge in [0.2, 0.25) is 0 Å². The Labute approximate surface area is 185 Å². The molecule has 0 spiro atoms. The topological polar surface area (TPSA) is 102 Å². The minimum Gasteiger partial charge on any atom is -0.497 e. The summed E-state index contributed by atoms with van der Waals surface area (Å²) < 4.78 is 10.6. The molecule has 0 radical (unpaired) electrons. The highest BCUT2D eigenvalue weighted by Crippen LogP contribution is 2.26. The molecule has 8 nitrogen and oxygen atoms in total. The normalized spacial score (nSPS) is 11.1. The number of hydrogen-bond acceptors (Lipinski definition) is 6. The SMILES string of the molecule is COc1ccc(C=C(NC(=O)c2ccccc2)C(=O)NN=Cc2ccncc2)c(OC)c1. The van der Waals surface area contributed by atoms with E-state index in [9.17, 15) is 9.59 Å². The quantitative estimate of drug-likeness (QED) is 0.325. The monoisotopic (exact) mass is 430 g/mol. The molecule has 0 aliphatic carbocycles. The number of hydrogen-bond donors (Lipinski definition) is 2. The van der Waals surface area contributed by atoms with Crippen molar-refractivity contribution in [2.45, 2.75) is 0 Å². The molecule has 0 saturated carbocycles. The molecule has 3 aromatic rings. The van der Waals surface area contributed by atoms with Gasteiger partial charge in [-0.2, -0.15) is 5.10 Å². The summed E-state index contributed by atoms with van der Waals surface area (Å²) in [6.45, 7) is 0. The number of nitrogens with one attached hydrogen (secondary N) is 2. The van der Waals surface area contributed by atoms with Crippen molar-refractivity contribution >= 4 is 24.1 Å². The van der Waals surface area contributed by atoms with Crippen LogP contribution in [0.2, 0.25) is 0 Å². The zero-order chi connectivity index (χ0) is 22.8. The number of aromatic nitrogens is 1. The number of benzene rings is 2. The Kier molecular flexibility index (Phi) is 7.69. The zero-order valence-corrected chi connectivity index (χ0v) is 17.6. The van der Waals surface area contributed by atoms with E-state index in [1.54, 1.807) is 80.2 Å². The van der Waals surface area contributed by atoms with Gasteiger partial charge in [-0.05, 0) is 48.0 Å². The molecule has 2 aromatic carbocycles. The van der Waals surface area contributed by atoms with Crippen molar-refractivity contribution in [3.05, 3.63) is 95.4 Å². The maximum Gasteiger partial charge on any atom is 0.287 e. The Hall–Kier alpha value is -4.46. The Morgan fingerprint density at radius 1 is 0.969 bits per heavy atom. The van der Waals surface area contributed by atoms with Crippen molar-refractivity contribution in [3.8, 4) is 11.5 Å². The third-order valence-electron chi connectivity index (χ3n) is 4.36. The van der Waals surface area contributed by atoms with Gasteiger partial charge in [-0.15, -0.1) is 0 Å². The molecule has 0 unspecified atom stereocenters. The van der Waals surface area contributed by atoms with Crippen molar-refractivity contribution < 1.29 is 19.1 Å². The molecule has 0 aliphatic heterocycles. The van der Waals surface area contributed by atoms with Gasteiger partial charge in [0.1, 0.15) is 17.2 Å². The van der Waals surface area contributed by atoms with Crippen molar-refractivity contribution in [2.75, 3.05) is 14.2 Å². The second-order valence-corrected chi connectivity index (χ2v) is 6.47. The van der Waals surface area contributed by atoms with Gasteiger partial charge in [-0.25, -0.2) is 5.43 Å². The third-order valence-corrected chi connectivity index (χ3v) is 4.36. The summed E-state index contributed by atoms with van der Waals surface area (Å²) in [7, 11) is 3.05. The van der Waals surface area contributed by atoms with Crippen LogP contribution in [0.1, 0.15) is 21.5 Å². The number of carbonyl (C=O) groups excluding carboxylic acids is 2. The maximum absolute atomic E-state index is 12.8. The van der Waals surface area contributed by atoms with Crippen LogP contribution >= 0.6 is 0 Å². The van der Waals surface area contributed by atoms with Crippen LogP contribution < -0.4 is 20.2 Å². The lowest BCUT2D eigenvalue weighted by molar-refractivity contribution is -0.117. The first-order valence-electron chi connectivity index (χ1n) is 9.64. The first-order chi connectivity index (χ1) is 15.6. The average Bonchev–Trinajstić information content (AvgIpc) is 2.84. The van der Waals surface area contributed by atoms with Crippen LogP contribution in [0.25, 0.3) is 6.08 Å². The minimum absolute atomic E-state index is 0.00537. The summed E-state index contributed by atoms with van der Waals surface area (Å²) in [5.41, 5.74) is 4.17. The predicted molar refractivity (Wildman–Crippen MR) is 121 cm³/mol. The molecule has 0 aliphatic rings. The fourth-order valence-corrected chi connectivity index (χ4v) is 2.71. The summed E-state index contributed by atoms with van der Waals surface area (Å²) in [5.74, 6) is 0.0409. The summed E-state index contributed by atoms with van der Waals surface area (Å²) in [5, 5.41) is 6.61. The van der Waals surface area contributed by atoms with E-state index >= 15 is 0 Å². The van der Waals surface area contributed by atoms with Gasteiger partial charge in [0.15, 0.2) is 0 Å². The van der Waals surface area contributed by atoms with Gasteiger partial charge in [-0.1, -0.05) is 18.2 Å². The van der Waals surface area contributed by atoms with Crippen molar-refractivity contribution in [1.82, 2.24) is 15.7 Å². The number of methoxy groups -OCH3 is 2. The number of ether oxygens (including phenoxy) is 2. The first-order valence-corrected chi connectivity index (χ1v) is 9.64. The van der Waals surface area contributed by atoms with Gasteiger partial charge in [0.05, 0.1) is 20.4 Å². The molecule has 32 heavy (non-hydrogen) atoms. The highest BCUT2D eigenvalue weighted by molar-refractivity contribution is 6.05. The molecule has 0 atom stereocenters. The molecule has 3 rings (SSSR count). The largest absolute Gasteiger partial charge is 0.497 e. The lowest BCUT2D eigenvalue weighted by atomic mass is 10.1. The molecule has 2 N–H and O–H groups in total. The molecule has 1 heterocycles. The molecule has 0 bridgehead atoms. The van der Waals surface area contributed by atoms with E-state index in [-0.39, 0.29) is 5.70 Å². The molecule has 1 aromatic heterocycles. The van der Waals surface area contributed by atoms with Gasteiger partial charge in [-0.3, -0.25) is 14.6 Å². The second kappa shape index (κ2) is 11.1. The van der Waals surface area contributed by atoms with Gasteiger partial charge >= 0.3 is 0 Å². The van der Waals surface area contributed by atoms with Crippen LogP contribution in [0.15, 0.2) is 83.9 Å². The number of nitrogens with zero attached hydrogens (tertiary/aromatic N) is 2. The van der Waals surface area contributed by atoms with E-state index in [4.69, 9.17) is 9.47 Å². The molecule has 8 heteroatoms. The van der Waals surface area contributed by atoms with Crippen LogP contribution in [0, 0.1) is 0 Å². The average molecular weight is 430 g/mol. The van der Waals surface area contributed by atoms with Gasteiger partial charge in [0.25, 0.3) is 11.8 Å². The first kappa shape index (κ1) is 22.2. The molecule has 0 saturated heterocycles. The molecule has 162 valence electrons. The molecular weight excluding hydrogens is 408 g/mol. The van der Waals surface area contributed by atoms with Crippen LogP contribution in [-0.4, -0.2) is 37.2 Å². The van der Waals surface area contributed by atoms with Gasteiger partial charge in [0, 0.05) is 29.6 Å². The zero-order valence-electron chi connectivity index (χ0n) is 17.6. The Morgan fingerprint density at radius 3 is 2.41 bits per heavy atom. The Morgan fingerprint density at radius 2 is 1.72 bits per heavy atom. The lowest BCUT2D eigenvalue weighted by Gasteiger charge is -2.11. The Balaban J connectivity index is 1.88. The van der Waals surface area contributed by atoms with E-state index in [0.717, 1.165) is 5.56 Å². The molecule has 2 amide bonds. The third kappa shape index (κ3) is 6.02.